The molecule has 1 N–H and O–H groups in total. The Bertz CT molecular complexity index is 223. The van der Waals surface area contributed by atoms with Gasteiger partial charge < -0.3 is 4.43 Å². The van der Waals surface area contributed by atoms with Crippen molar-refractivity contribution in [3.63, 3.8) is 0 Å². The molecule has 0 spiro atoms. The van der Waals surface area contributed by atoms with E-state index in [-0.39, 0.29) is 18.3 Å². The molecule has 0 amide bonds. The van der Waals surface area contributed by atoms with Gasteiger partial charge in [0.1, 0.15) is 11.8 Å². The molecule has 0 aliphatic rings. The summed E-state index contributed by atoms with van der Waals surface area (Å²) in [7, 11) is -1.81. The minimum atomic E-state index is -1.81. The largest absolute Gasteiger partial charge is 0.519 e. The molecule has 0 aromatic rings. The summed E-state index contributed by atoms with van der Waals surface area (Å²) in [4.78, 5) is 22.1. The molecule has 14 heavy (non-hydrogen) atoms. The number of rotatable bonds is 5. The minimum Gasteiger partial charge on any atom is -0.519 e. The fourth-order valence-corrected chi connectivity index (χ4v) is 1.55. The molecule has 5 heteroatoms. The van der Waals surface area contributed by atoms with Crippen LogP contribution >= 0.6 is 0 Å². The normalized spacial score (nSPS) is 13.5. The number of carbonyl (C=O) groups is 2. The molecule has 0 aliphatic heterocycles. The van der Waals surface area contributed by atoms with Crippen molar-refractivity contribution < 1.29 is 14.0 Å². The standard InChI is InChI=1S/C9H19NO3Si/c1-7(11)6-10-8(2)9(12)13-14(3,4)5/h8,10H,6H2,1-5H3/t8-/m0/s1. The molecule has 0 saturated carbocycles. The van der Waals surface area contributed by atoms with E-state index in [1.54, 1.807) is 6.92 Å². The molecule has 0 aromatic heterocycles. The molecule has 0 heterocycles. The van der Waals surface area contributed by atoms with Gasteiger partial charge in [0, 0.05) is 0 Å². The topological polar surface area (TPSA) is 55.4 Å². The number of hydrogen-bond donors (Lipinski definition) is 1. The first-order chi connectivity index (χ1) is 6.22. The summed E-state index contributed by atoms with van der Waals surface area (Å²) < 4.78 is 5.26. The first-order valence-corrected chi connectivity index (χ1v) is 8.09. The van der Waals surface area contributed by atoms with Crippen LogP contribution < -0.4 is 5.32 Å². The van der Waals surface area contributed by atoms with Crippen LogP contribution in [0.1, 0.15) is 13.8 Å². The van der Waals surface area contributed by atoms with Gasteiger partial charge in [-0.05, 0) is 33.5 Å². The van der Waals surface area contributed by atoms with Gasteiger partial charge in [0.05, 0.1) is 6.54 Å². The lowest BCUT2D eigenvalue weighted by Gasteiger charge is -2.20. The van der Waals surface area contributed by atoms with Crippen LogP contribution in [-0.4, -0.2) is 32.7 Å². The zero-order valence-electron chi connectivity index (χ0n) is 9.51. The second kappa shape index (κ2) is 5.26. The second-order valence-corrected chi connectivity index (χ2v) is 8.77. The maximum atomic E-state index is 11.4. The summed E-state index contributed by atoms with van der Waals surface area (Å²) >= 11 is 0. The quantitative estimate of drug-likeness (QED) is 0.696. The van der Waals surface area contributed by atoms with Crippen molar-refractivity contribution in [3.05, 3.63) is 0 Å². The number of ketones is 1. The van der Waals surface area contributed by atoms with Gasteiger partial charge in [-0.25, -0.2) is 0 Å². The van der Waals surface area contributed by atoms with E-state index in [1.165, 1.54) is 6.92 Å². The summed E-state index contributed by atoms with van der Waals surface area (Å²) in [5, 5.41) is 2.80. The van der Waals surface area contributed by atoms with Crippen LogP contribution in [0, 0.1) is 0 Å². The highest BCUT2D eigenvalue weighted by Crippen LogP contribution is 2.04. The Hall–Kier alpha value is -0.683. The van der Waals surface area contributed by atoms with Crippen LogP contribution in [0.15, 0.2) is 0 Å². The third-order valence-electron chi connectivity index (χ3n) is 1.42. The van der Waals surface area contributed by atoms with E-state index in [1.807, 2.05) is 19.6 Å². The van der Waals surface area contributed by atoms with Crippen molar-refractivity contribution in [2.24, 2.45) is 0 Å². The SMILES string of the molecule is CC(=O)CN[C@@H](C)C(=O)O[Si](C)(C)C. The van der Waals surface area contributed by atoms with Gasteiger partial charge >= 0.3 is 5.97 Å². The molecule has 0 saturated heterocycles. The monoisotopic (exact) mass is 217 g/mol. The summed E-state index contributed by atoms with van der Waals surface area (Å²) in [6, 6.07) is -0.411. The molecule has 0 aromatic carbocycles. The van der Waals surface area contributed by atoms with E-state index >= 15 is 0 Å². The third kappa shape index (κ3) is 6.79. The lowest BCUT2D eigenvalue weighted by molar-refractivity contribution is -0.137. The van der Waals surface area contributed by atoms with Crippen molar-refractivity contribution in [3.8, 4) is 0 Å². The molecule has 82 valence electrons. The Balaban J connectivity index is 3.94. The van der Waals surface area contributed by atoms with Gasteiger partial charge in [-0.2, -0.15) is 0 Å². The molecular weight excluding hydrogens is 198 g/mol. The molecule has 0 rings (SSSR count). The highest BCUT2D eigenvalue weighted by atomic mass is 28.4. The van der Waals surface area contributed by atoms with Gasteiger partial charge in [-0.3, -0.25) is 14.9 Å². The third-order valence-corrected chi connectivity index (χ3v) is 2.23. The van der Waals surface area contributed by atoms with E-state index in [9.17, 15) is 9.59 Å². The highest BCUT2D eigenvalue weighted by molar-refractivity contribution is 6.71. The van der Waals surface area contributed by atoms with Crippen LogP contribution in [0.3, 0.4) is 0 Å². The summed E-state index contributed by atoms with van der Waals surface area (Å²) in [6.45, 7) is 9.23. The first kappa shape index (κ1) is 13.3. The molecule has 0 fully saturated rings. The van der Waals surface area contributed by atoms with Crippen LogP contribution in [0.5, 0.6) is 0 Å². The number of carbonyl (C=O) groups excluding carboxylic acids is 2. The molecule has 0 radical (unpaired) electrons. The molecule has 1 atom stereocenters. The lowest BCUT2D eigenvalue weighted by Crippen LogP contribution is -2.42. The van der Waals surface area contributed by atoms with Gasteiger partial charge in [-0.1, -0.05) is 0 Å². The average molecular weight is 217 g/mol. The van der Waals surface area contributed by atoms with Gasteiger partial charge in [0.2, 0.25) is 8.32 Å². The van der Waals surface area contributed by atoms with E-state index < -0.39 is 14.4 Å². The van der Waals surface area contributed by atoms with Crippen LogP contribution in [0.4, 0.5) is 0 Å². The Labute approximate surface area is 86.1 Å². The van der Waals surface area contributed by atoms with Crippen molar-refractivity contribution in [2.45, 2.75) is 39.5 Å². The molecule has 0 aliphatic carbocycles. The maximum Gasteiger partial charge on any atom is 0.309 e. The maximum absolute atomic E-state index is 11.4. The van der Waals surface area contributed by atoms with Crippen molar-refractivity contribution >= 4 is 20.1 Å². The summed E-state index contributed by atoms with van der Waals surface area (Å²) in [5.74, 6) is -0.261. The van der Waals surface area contributed by atoms with Gasteiger partial charge in [0.15, 0.2) is 0 Å². The van der Waals surface area contributed by atoms with E-state index in [2.05, 4.69) is 5.32 Å². The van der Waals surface area contributed by atoms with Crippen molar-refractivity contribution in [1.82, 2.24) is 5.32 Å². The smallest absolute Gasteiger partial charge is 0.309 e. The van der Waals surface area contributed by atoms with Crippen LogP contribution in [0.25, 0.3) is 0 Å². The zero-order valence-corrected chi connectivity index (χ0v) is 10.5. The first-order valence-electron chi connectivity index (χ1n) is 4.68. The predicted molar refractivity (Wildman–Crippen MR) is 57.6 cm³/mol. The summed E-state index contributed by atoms with van der Waals surface area (Å²) in [6.07, 6.45) is 0. The zero-order chi connectivity index (χ0) is 11.4. The average Bonchev–Trinajstić information content (AvgIpc) is 1.96. The van der Waals surface area contributed by atoms with Crippen LogP contribution in [0.2, 0.25) is 19.6 Å². The second-order valence-electron chi connectivity index (χ2n) is 4.34. The molecule has 0 unspecified atom stereocenters. The Morgan fingerprint density at radius 3 is 2.21 bits per heavy atom. The van der Waals surface area contributed by atoms with E-state index in [4.69, 9.17) is 4.43 Å². The fraction of sp³-hybridized carbons (Fsp3) is 0.778. The fourth-order valence-electron chi connectivity index (χ4n) is 0.770. The van der Waals surface area contributed by atoms with Gasteiger partial charge in [-0.15, -0.1) is 0 Å². The molecule has 4 nitrogen and oxygen atoms in total. The highest BCUT2D eigenvalue weighted by Gasteiger charge is 2.23. The molecule has 0 bridgehead atoms. The van der Waals surface area contributed by atoms with Crippen molar-refractivity contribution in [1.29, 1.82) is 0 Å². The van der Waals surface area contributed by atoms with Crippen LogP contribution in [-0.2, 0) is 14.0 Å². The minimum absolute atomic E-state index is 0.0117. The Morgan fingerprint density at radius 2 is 1.86 bits per heavy atom. The van der Waals surface area contributed by atoms with Crippen molar-refractivity contribution in [2.75, 3.05) is 6.54 Å². The molecular formula is C9H19NO3Si. The lowest BCUT2D eigenvalue weighted by atomic mass is 10.3. The summed E-state index contributed by atoms with van der Waals surface area (Å²) in [5.41, 5.74) is 0. The van der Waals surface area contributed by atoms with E-state index in [0.29, 0.717) is 0 Å². The Kier molecular flexibility index (Phi) is 5.00. The number of nitrogens with one attached hydrogen (secondary N) is 1. The Morgan fingerprint density at radius 1 is 1.36 bits per heavy atom. The number of hydrogen-bond acceptors (Lipinski definition) is 4. The predicted octanol–water partition coefficient (Wildman–Crippen LogP) is 0.932. The van der Waals surface area contributed by atoms with E-state index in [0.717, 1.165) is 0 Å². The number of Topliss-reactive ketones (excluding diaryl/α,β-unsaturated/α-hetero) is 1. The van der Waals surface area contributed by atoms with Gasteiger partial charge in [0.25, 0.3) is 0 Å².